The Morgan fingerprint density at radius 2 is 1.89 bits per heavy atom. The number of pyridine rings is 1. The maximum absolute atomic E-state index is 12.8. The molecule has 11 nitrogen and oxygen atoms in total. The Morgan fingerprint density at radius 1 is 1.11 bits per heavy atom. The molecule has 2 aromatic heterocycles. The van der Waals surface area contributed by atoms with Crippen molar-refractivity contribution in [2.45, 2.75) is 13.5 Å². The van der Waals surface area contributed by atoms with Gasteiger partial charge >= 0.3 is 0 Å². The lowest BCUT2D eigenvalue weighted by Crippen LogP contribution is -2.34. The van der Waals surface area contributed by atoms with Crippen LogP contribution in [0, 0.1) is 18.3 Å². The van der Waals surface area contributed by atoms with Gasteiger partial charge in [0, 0.05) is 23.8 Å². The van der Waals surface area contributed by atoms with Gasteiger partial charge in [0.15, 0.2) is 5.82 Å². The summed E-state index contributed by atoms with van der Waals surface area (Å²) in [7, 11) is 0. The van der Waals surface area contributed by atoms with E-state index in [0.29, 0.717) is 28.2 Å². The summed E-state index contributed by atoms with van der Waals surface area (Å²) in [6.07, 6.45) is 1.41. The second-order valence-corrected chi connectivity index (χ2v) is 7.94. The Balaban J connectivity index is 1.33. The standard InChI is InChI=1S/C25H21ClN8O3/c1-16-30-25(37-33-16)22(24(35)28-14-17-5-7-18(26)8-6-17)15-29-34-32-19-9-11-21(12-10-19)36-23-4-2-3-20(13-27)31-23/h2-12,15,29,32,34H,14H2,1H3,(H,28,35)/b22-15+. The van der Waals surface area contributed by atoms with E-state index in [9.17, 15) is 4.79 Å². The van der Waals surface area contributed by atoms with Crippen LogP contribution in [0.1, 0.15) is 23.0 Å². The van der Waals surface area contributed by atoms with E-state index in [2.05, 4.69) is 36.8 Å². The second kappa shape index (κ2) is 12.2. The molecule has 0 aliphatic heterocycles. The number of benzene rings is 2. The van der Waals surface area contributed by atoms with Gasteiger partial charge in [-0.1, -0.05) is 35.0 Å². The number of nitrogens with one attached hydrogen (secondary N) is 4. The summed E-state index contributed by atoms with van der Waals surface area (Å²) in [5.74, 6) is 0.920. The van der Waals surface area contributed by atoms with Crippen molar-refractivity contribution in [1.29, 1.82) is 5.26 Å². The predicted molar refractivity (Wildman–Crippen MR) is 136 cm³/mol. The molecule has 0 fully saturated rings. The maximum Gasteiger partial charge on any atom is 0.265 e. The molecule has 4 rings (SSSR count). The highest BCUT2D eigenvalue weighted by molar-refractivity contribution is 6.30. The maximum atomic E-state index is 12.8. The van der Waals surface area contributed by atoms with E-state index in [0.717, 1.165) is 5.56 Å². The van der Waals surface area contributed by atoms with Crippen molar-refractivity contribution in [1.82, 2.24) is 31.4 Å². The smallest absolute Gasteiger partial charge is 0.265 e. The summed E-state index contributed by atoms with van der Waals surface area (Å²) < 4.78 is 10.8. The highest BCUT2D eigenvalue weighted by atomic mass is 35.5. The van der Waals surface area contributed by atoms with Gasteiger partial charge in [-0.15, -0.1) is 0 Å². The van der Waals surface area contributed by atoms with Crippen LogP contribution in [-0.2, 0) is 11.3 Å². The van der Waals surface area contributed by atoms with Crippen LogP contribution in [0.2, 0.25) is 5.02 Å². The highest BCUT2D eigenvalue weighted by Gasteiger charge is 2.18. The minimum atomic E-state index is -0.413. The number of aromatic nitrogens is 3. The van der Waals surface area contributed by atoms with Gasteiger partial charge in [0.1, 0.15) is 23.1 Å². The monoisotopic (exact) mass is 516 g/mol. The first-order valence-electron chi connectivity index (χ1n) is 11.0. The molecule has 0 aliphatic carbocycles. The van der Waals surface area contributed by atoms with E-state index < -0.39 is 5.91 Å². The SMILES string of the molecule is Cc1noc(/C(=C/NNNc2ccc(Oc3cccc(C#N)n3)cc2)C(=O)NCc2ccc(Cl)cc2)n1. The van der Waals surface area contributed by atoms with E-state index >= 15 is 0 Å². The molecule has 37 heavy (non-hydrogen) atoms. The molecule has 4 N–H and O–H groups in total. The van der Waals surface area contributed by atoms with Crippen molar-refractivity contribution >= 4 is 28.8 Å². The van der Waals surface area contributed by atoms with Crippen LogP contribution in [-0.4, -0.2) is 21.0 Å². The fourth-order valence-electron chi connectivity index (χ4n) is 2.99. The number of rotatable bonds is 10. The number of hydrogen-bond acceptors (Lipinski definition) is 10. The number of carbonyl (C=O) groups excluding carboxylic acids is 1. The van der Waals surface area contributed by atoms with E-state index in [1.807, 2.05) is 18.2 Å². The Hall–Kier alpha value is -4.92. The minimum Gasteiger partial charge on any atom is -0.439 e. The molecule has 0 radical (unpaired) electrons. The fraction of sp³-hybridized carbons (Fsp3) is 0.0800. The van der Waals surface area contributed by atoms with Crippen molar-refractivity contribution in [2.75, 3.05) is 5.43 Å². The van der Waals surface area contributed by atoms with Crippen LogP contribution in [0.4, 0.5) is 5.69 Å². The molecule has 0 spiro atoms. The molecule has 12 heteroatoms. The Kier molecular flexibility index (Phi) is 8.28. The van der Waals surface area contributed by atoms with Crippen LogP contribution < -0.4 is 26.4 Å². The largest absolute Gasteiger partial charge is 0.439 e. The summed E-state index contributed by atoms with van der Waals surface area (Å²) in [5.41, 5.74) is 10.5. The number of carbonyl (C=O) groups is 1. The molecule has 1 amide bonds. The van der Waals surface area contributed by atoms with Crippen LogP contribution >= 0.6 is 11.6 Å². The molecule has 0 unspecified atom stereocenters. The van der Waals surface area contributed by atoms with Gasteiger partial charge in [-0.2, -0.15) is 15.8 Å². The summed E-state index contributed by atoms with van der Waals surface area (Å²) in [6, 6.07) is 21.1. The number of amides is 1. The van der Waals surface area contributed by atoms with Crippen molar-refractivity contribution in [2.24, 2.45) is 0 Å². The third kappa shape index (κ3) is 7.28. The summed E-state index contributed by atoms with van der Waals surface area (Å²) in [6.45, 7) is 1.95. The van der Waals surface area contributed by atoms with Gasteiger partial charge in [0.05, 0.1) is 5.69 Å². The first kappa shape index (κ1) is 25.2. The van der Waals surface area contributed by atoms with Crippen LogP contribution in [0.15, 0.2) is 77.5 Å². The number of hydrogen-bond donors (Lipinski definition) is 4. The van der Waals surface area contributed by atoms with E-state index in [1.54, 1.807) is 61.5 Å². The topological polar surface area (TPSA) is 150 Å². The molecule has 0 saturated heterocycles. The van der Waals surface area contributed by atoms with Crippen LogP contribution in [0.5, 0.6) is 11.6 Å². The predicted octanol–water partition coefficient (Wildman–Crippen LogP) is 3.87. The molecule has 0 saturated carbocycles. The number of ether oxygens (including phenoxy) is 1. The van der Waals surface area contributed by atoms with Gasteiger partial charge < -0.3 is 25.4 Å². The number of halogens is 1. The second-order valence-electron chi connectivity index (χ2n) is 7.51. The lowest BCUT2D eigenvalue weighted by Gasteiger charge is -2.11. The molecular formula is C25H21ClN8O3. The molecule has 2 heterocycles. The van der Waals surface area contributed by atoms with Gasteiger partial charge in [-0.3, -0.25) is 4.79 Å². The van der Waals surface area contributed by atoms with Gasteiger partial charge in [-0.05, 0) is 55.0 Å². The van der Waals surface area contributed by atoms with Crippen LogP contribution in [0.25, 0.3) is 5.57 Å². The Labute approximate surface area is 217 Å². The quantitative estimate of drug-likeness (QED) is 0.139. The summed E-state index contributed by atoms with van der Waals surface area (Å²) >= 11 is 5.91. The first-order valence-corrected chi connectivity index (χ1v) is 11.3. The zero-order chi connectivity index (χ0) is 26.0. The zero-order valence-electron chi connectivity index (χ0n) is 19.5. The van der Waals surface area contributed by atoms with Crippen molar-refractivity contribution < 1.29 is 14.1 Å². The summed E-state index contributed by atoms with van der Waals surface area (Å²) in [4.78, 5) is 21.0. The average molecular weight is 517 g/mol. The summed E-state index contributed by atoms with van der Waals surface area (Å²) in [5, 5.41) is 16.1. The number of nitriles is 1. The average Bonchev–Trinajstić information content (AvgIpc) is 3.35. The number of aryl methyl sites for hydroxylation is 1. The molecule has 0 aliphatic rings. The third-order valence-electron chi connectivity index (χ3n) is 4.78. The highest BCUT2D eigenvalue weighted by Crippen LogP contribution is 2.21. The van der Waals surface area contributed by atoms with Crippen molar-refractivity contribution in [3.8, 4) is 17.7 Å². The minimum absolute atomic E-state index is 0.0657. The zero-order valence-corrected chi connectivity index (χ0v) is 20.3. The lowest BCUT2D eigenvalue weighted by molar-refractivity contribution is -0.115. The van der Waals surface area contributed by atoms with Gasteiger partial charge in [-0.25, -0.2) is 4.98 Å². The van der Waals surface area contributed by atoms with Gasteiger partial charge in [0.25, 0.3) is 11.8 Å². The Morgan fingerprint density at radius 3 is 2.59 bits per heavy atom. The molecule has 2 aromatic carbocycles. The molecular weight excluding hydrogens is 496 g/mol. The number of hydrazine groups is 2. The molecule has 4 aromatic rings. The van der Waals surface area contributed by atoms with Crippen LogP contribution in [0.3, 0.4) is 0 Å². The third-order valence-corrected chi connectivity index (χ3v) is 5.03. The molecule has 0 atom stereocenters. The van der Waals surface area contributed by atoms with E-state index in [1.165, 1.54) is 6.20 Å². The van der Waals surface area contributed by atoms with E-state index in [-0.39, 0.29) is 23.7 Å². The number of nitrogens with zero attached hydrogens (tertiary/aromatic N) is 4. The molecule has 0 bridgehead atoms. The number of anilines is 1. The van der Waals surface area contributed by atoms with E-state index in [4.69, 9.17) is 26.1 Å². The molecule has 186 valence electrons. The fourth-order valence-corrected chi connectivity index (χ4v) is 3.11. The Bertz CT molecular complexity index is 1430. The normalized spacial score (nSPS) is 10.9. The van der Waals surface area contributed by atoms with Crippen molar-refractivity contribution in [3.05, 3.63) is 101 Å². The van der Waals surface area contributed by atoms with Gasteiger partial charge in [0.2, 0.25) is 5.88 Å². The van der Waals surface area contributed by atoms with Crippen molar-refractivity contribution in [3.63, 3.8) is 0 Å². The first-order chi connectivity index (χ1) is 18.0. The lowest BCUT2D eigenvalue weighted by atomic mass is 10.2.